The Morgan fingerprint density at radius 3 is 2.76 bits per heavy atom. The molecule has 0 aliphatic carbocycles. The Hall–Kier alpha value is -3.18. The highest BCUT2D eigenvalue weighted by atomic mass is 32.1. The van der Waals surface area contributed by atoms with E-state index in [0.717, 1.165) is 45.6 Å². The molecule has 5 rings (SSSR count). The molecule has 29 heavy (non-hydrogen) atoms. The summed E-state index contributed by atoms with van der Waals surface area (Å²) in [4.78, 5) is 19.8. The number of benzene rings is 2. The number of ether oxygens (including phenoxy) is 1. The summed E-state index contributed by atoms with van der Waals surface area (Å²) in [6.45, 7) is 1.32. The molecule has 1 amide bonds. The van der Waals surface area contributed by atoms with E-state index in [2.05, 4.69) is 23.6 Å². The smallest absolute Gasteiger partial charge is 0.255 e. The molecule has 2 aromatic carbocycles. The maximum atomic E-state index is 13.2. The second-order valence-corrected chi connectivity index (χ2v) is 8.10. The van der Waals surface area contributed by atoms with Crippen molar-refractivity contribution in [2.24, 2.45) is 0 Å². The third kappa shape index (κ3) is 3.28. The van der Waals surface area contributed by atoms with Crippen molar-refractivity contribution in [3.05, 3.63) is 82.9 Å². The molecule has 1 aliphatic rings. The van der Waals surface area contributed by atoms with Gasteiger partial charge in [0.15, 0.2) is 0 Å². The van der Waals surface area contributed by atoms with Gasteiger partial charge in [-0.05, 0) is 52.4 Å². The lowest BCUT2D eigenvalue weighted by Crippen LogP contribution is -2.26. The molecule has 0 saturated carbocycles. The topological polar surface area (TPSA) is 42.4 Å². The van der Waals surface area contributed by atoms with Crippen LogP contribution in [0.2, 0.25) is 0 Å². The molecule has 0 unspecified atom stereocenters. The van der Waals surface area contributed by atoms with Crippen molar-refractivity contribution in [3.8, 4) is 16.9 Å². The summed E-state index contributed by atoms with van der Waals surface area (Å²) in [7, 11) is 1.65. The van der Waals surface area contributed by atoms with Crippen molar-refractivity contribution in [3.63, 3.8) is 0 Å². The molecule has 144 valence electrons. The number of hydrogen-bond donors (Lipinski definition) is 0. The number of amides is 1. The molecule has 3 heterocycles. The number of methoxy groups -OCH3 is 1. The first-order valence-electron chi connectivity index (χ1n) is 9.61. The zero-order chi connectivity index (χ0) is 19.8. The number of aromatic nitrogens is 1. The highest BCUT2D eigenvalue weighted by Crippen LogP contribution is 2.33. The first kappa shape index (κ1) is 17.9. The van der Waals surface area contributed by atoms with E-state index in [1.54, 1.807) is 18.4 Å². The Morgan fingerprint density at radius 2 is 1.93 bits per heavy atom. The van der Waals surface area contributed by atoms with Crippen molar-refractivity contribution >= 4 is 27.5 Å². The third-order valence-corrected chi connectivity index (χ3v) is 6.29. The first-order valence-corrected chi connectivity index (χ1v) is 10.5. The molecular formula is C24H20N2O2S. The Bertz CT molecular complexity index is 1200. The maximum Gasteiger partial charge on any atom is 0.255 e. The van der Waals surface area contributed by atoms with Crippen LogP contribution < -0.4 is 4.74 Å². The van der Waals surface area contributed by atoms with Crippen LogP contribution in [0.4, 0.5) is 0 Å². The van der Waals surface area contributed by atoms with Crippen LogP contribution in [0.1, 0.15) is 21.6 Å². The zero-order valence-electron chi connectivity index (χ0n) is 16.1. The number of thiophene rings is 1. The lowest BCUT2D eigenvalue weighted by atomic mass is 9.97. The van der Waals surface area contributed by atoms with E-state index in [4.69, 9.17) is 9.72 Å². The number of pyridine rings is 1. The number of rotatable bonds is 5. The van der Waals surface area contributed by atoms with E-state index < -0.39 is 0 Å². The lowest BCUT2D eigenvalue weighted by Gasteiger charge is -2.15. The lowest BCUT2D eigenvalue weighted by molar-refractivity contribution is 0.0780. The molecule has 0 fully saturated rings. The fourth-order valence-corrected chi connectivity index (χ4v) is 4.62. The predicted molar refractivity (Wildman–Crippen MR) is 116 cm³/mol. The Labute approximate surface area is 173 Å². The van der Waals surface area contributed by atoms with Gasteiger partial charge < -0.3 is 9.64 Å². The Kier molecular flexibility index (Phi) is 4.52. The van der Waals surface area contributed by atoms with E-state index in [1.165, 1.54) is 4.70 Å². The van der Waals surface area contributed by atoms with Crippen LogP contribution in [0.15, 0.2) is 66.0 Å². The van der Waals surface area contributed by atoms with E-state index >= 15 is 0 Å². The van der Waals surface area contributed by atoms with E-state index in [1.807, 2.05) is 47.4 Å². The van der Waals surface area contributed by atoms with Crippen LogP contribution in [0, 0.1) is 0 Å². The van der Waals surface area contributed by atoms with Gasteiger partial charge in [-0.2, -0.15) is 0 Å². The van der Waals surface area contributed by atoms with Crippen LogP contribution in [0.25, 0.3) is 21.3 Å². The Balaban J connectivity index is 1.37. The highest BCUT2D eigenvalue weighted by Gasteiger charge is 2.29. The standard InChI is InChI=1S/C24H20N2O2S/c1-28-19-8-5-16(6-9-19)20-4-2-3-17-15-26(24(27)23(17)20)13-11-18-7-10-22-21(25-18)12-14-29-22/h2-10,12,14H,11,13,15H2,1H3. The summed E-state index contributed by atoms with van der Waals surface area (Å²) < 4.78 is 6.45. The van der Waals surface area contributed by atoms with Crippen LogP contribution >= 0.6 is 11.3 Å². The van der Waals surface area contributed by atoms with E-state index in [0.29, 0.717) is 13.1 Å². The minimum absolute atomic E-state index is 0.100. The van der Waals surface area contributed by atoms with Crippen LogP contribution in [-0.2, 0) is 13.0 Å². The normalized spacial score (nSPS) is 13.1. The van der Waals surface area contributed by atoms with Gasteiger partial charge in [0.1, 0.15) is 5.75 Å². The fourth-order valence-electron chi connectivity index (χ4n) is 3.90. The van der Waals surface area contributed by atoms with Crippen molar-refractivity contribution < 1.29 is 9.53 Å². The van der Waals surface area contributed by atoms with Gasteiger partial charge in [0, 0.05) is 25.2 Å². The summed E-state index contributed by atoms with van der Waals surface area (Å²) in [6, 6.07) is 20.2. The number of carbonyl (C=O) groups excluding carboxylic acids is 1. The van der Waals surface area contributed by atoms with Crippen molar-refractivity contribution in [1.82, 2.24) is 9.88 Å². The molecule has 0 N–H and O–H groups in total. The van der Waals surface area contributed by atoms with E-state index in [9.17, 15) is 4.79 Å². The van der Waals surface area contributed by atoms with Gasteiger partial charge in [0.05, 0.1) is 22.9 Å². The average molecular weight is 401 g/mol. The molecule has 0 radical (unpaired) electrons. The summed E-state index contributed by atoms with van der Waals surface area (Å²) in [5.74, 6) is 0.910. The molecule has 0 spiro atoms. The largest absolute Gasteiger partial charge is 0.497 e. The van der Waals surface area contributed by atoms with Crippen molar-refractivity contribution in [2.75, 3.05) is 13.7 Å². The SMILES string of the molecule is COc1ccc(-c2cccc3c2C(=O)N(CCc2ccc4sccc4n2)C3)cc1. The average Bonchev–Trinajstić information content (AvgIpc) is 3.36. The second kappa shape index (κ2) is 7.33. The quantitative estimate of drug-likeness (QED) is 0.464. The van der Waals surface area contributed by atoms with Gasteiger partial charge in [0.25, 0.3) is 5.91 Å². The molecular weight excluding hydrogens is 380 g/mol. The van der Waals surface area contributed by atoms with Crippen molar-refractivity contribution in [1.29, 1.82) is 0 Å². The number of hydrogen-bond acceptors (Lipinski definition) is 4. The minimum atomic E-state index is 0.100. The summed E-state index contributed by atoms with van der Waals surface area (Å²) in [5, 5.41) is 2.06. The van der Waals surface area contributed by atoms with Gasteiger partial charge in [-0.3, -0.25) is 9.78 Å². The van der Waals surface area contributed by atoms with E-state index in [-0.39, 0.29) is 5.91 Å². The zero-order valence-corrected chi connectivity index (χ0v) is 16.9. The van der Waals surface area contributed by atoms with Crippen LogP contribution in [-0.4, -0.2) is 29.4 Å². The fraction of sp³-hybridized carbons (Fsp3) is 0.167. The van der Waals surface area contributed by atoms with Crippen LogP contribution in [0.3, 0.4) is 0 Å². The molecule has 4 nitrogen and oxygen atoms in total. The number of nitrogens with zero attached hydrogens (tertiary/aromatic N) is 2. The van der Waals surface area contributed by atoms with Gasteiger partial charge in [0.2, 0.25) is 0 Å². The molecule has 0 bridgehead atoms. The predicted octanol–water partition coefficient (Wildman–Crippen LogP) is 5.17. The molecule has 0 atom stereocenters. The molecule has 5 heteroatoms. The second-order valence-electron chi connectivity index (χ2n) is 7.15. The Morgan fingerprint density at radius 1 is 1.07 bits per heavy atom. The van der Waals surface area contributed by atoms with Gasteiger partial charge >= 0.3 is 0 Å². The highest BCUT2D eigenvalue weighted by molar-refractivity contribution is 7.17. The molecule has 0 saturated heterocycles. The number of carbonyl (C=O) groups is 1. The van der Waals surface area contributed by atoms with Gasteiger partial charge in [-0.1, -0.05) is 30.3 Å². The molecule has 1 aliphatic heterocycles. The molecule has 4 aromatic rings. The van der Waals surface area contributed by atoms with Crippen molar-refractivity contribution in [2.45, 2.75) is 13.0 Å². The minimum Gasteiger partial charge on any atom is -0.497 e. The van der Waals surface area contributed by atoms with Gasteiger partial charge in [-0.15, -0.1) is 11.3 Å². The monoisotopic (exact) mass is 400 g/mol. The third-order valence-electron chi connectivity index (χ3n) is 5.42. The molecule has 2 aromatic heterocycles. The van der Waals surface area contributed by atoms with Gasteiger partial charge in [-0.25, -0.2) is 0 Å². The first-order chi connectivity index (χ1) is 14.2. The van der Waals surface area contributed by atoms with Crippen LogP contribution in [0.5, 0.6) is 5.75 Å². The summed E-state index contributed by atoms with van der Waals surface area (Å²) in [6.07, 6.45) is 0.753. The maximum absolute atomic E-state index is 13.2. The summed E-state index contributed by atoms with van der Waals surface area (Å²) >= 11 is 1.70. The number of fused-ring (bicyclic) bond motifs is 2. The summed E-state index contributed by atoms with van der Waals surface area (Å²) in [5.41, 5.74) is 5.97.